The number of aromatic nitrogens is 4. The molecule has 0 bridgehead atoms. The summed E-state index contributed by atoms with van der Waals surface area (Å²) in [5.41, 5.74) is -0.119. The van der Waals surface area contributed by atoms with Crippen molar-refractivity contribution >= 4 is 11.2 Å². The molecule has 8 heteroatoms. The molecule has 0 aliphatic heterocycles. The van der Waals surface area contributed by atoms with E-state index in [0.29, 0.717) is 11.4 Å². The minimum Gasteiger partial charge on any atom is -0.495 e. The molecule has 2 heterocycles. The second-order valence-electron chi connectivity index (χ2n) is 6.53. The van der Waals surface area contributed by atoms with Crippen LogP contribution in [-0.2, 0) is 13.5 Å². The lowest BCUT2D eigenvalue weighted by atomic mass is 10.1. The largest absolute Gasteiger partial charge is 0.495 e. The van der Waals surface area contributed by atoms with E-state index >= 15 is 0 Å². The van der Waals surface area contributed by atoms with Crippen LogP contribution in [0.15, 0.2) is 69.0 Å². The SMILES string of the molecule is COc1ccccc1-n1c(=O)n(C)c(=O)c2[nH]c(=O)c(Cc3ccccc3)nc21. The zero-order valence-electron chi connectivity index (χ0n) is 15.9. The Kier molecular flexibility index (Phi) is 4.59. The lowest BCUT2D eigenvalue weighted by Gasteiger charge is -2.14. The van der Waals surface area contributed by atoms with Gasteiger partial charge in [-0.25, -0.2) is 14.3 Å². The summed E-state index contributed by atoms with van der Waals surface area (Å²) < 4.78 is 7.59. The van der Waals surface area contributed by atoms with Crippen molar-refractivity contribution in [1.29, 1.82) is 0 Å². The number of para-hydroxylation sites is 2. The van der Waals surface area contributed by atoms with Crippen molar-refractivity contribution in [3.63, 3.8) is 0 Å². The molecule has 0 atom stereocenters. The summed E-state index contributed by atoms with van der Waals surface area (Å²) in [5.74, 6) is 0.437. The van der Waals surface area contributed by atoms with Crippen molar-refractivity contribution in [3.05, 3.63) is 97.0 Å². The molecule has 0 fully saturated rings. The van der Waals surface area contributed by atoms with Gasteiger partial charge in [-0.05, 0) is 17.7 Å². The average Bonchev–Trinajstić information content (AvgIpc) is 2.75. The Labute approximate surface area is 164 Å². The Hall–Kier alpha value is -3.94. The summed E-state index contributed by atoms with van der Waals surface area (Å²) in [6.07, 6.45) is 0.265. The summed E-state index contributed by atoms with van der Waals surface area (Å²) in [5, 5.41) is 0. The van der Waals surface area contributed by atoms with E-state index < -0.39 is 16.8 Å². The van der Waals surface area contributed by atoms with Gasteiger partial charge in [0.15, 0.2) is 11.2 Å². The molecule has 2 aromatic carbocycles. The van der Waals surface area contributed by atoms with Gasteiger partial charge in [-0.15, -0.1) is 0 Å². The van der Waals surface area contributed by atoms with Gasteiger partial charge in [-0.2, -0.15) is 0 Å². The fraction of sp³-hybridized carbons (Fsp3) is 0.143. The van der Waals surface area contributed by atoms with Crippen LogP contribution in [0.4, 0.5) is 0 Å². The Bertz CT molecular complexity index is 1380. The van der Waals surface area contributed by atoms with E-state index in [9.17, 15) is 14.4 Å². The second-order valence-corrected chi connectivity index (χ2v) is 6.53. The van der Waals surface area contributed by atoms with Crippen molar-refractivity contribution in [2.75, 3.05) is 7.11 Å². The predicted molar refractivity (Wildman–Crippen MR) is 109 cm³/mol. The molecule has 4 rings (SSSR count). The normalized spacial score (nSPS) is 11.0. The van der Waals surface area contributed by atoms with Gasteiger partial charge in [-0.1, -0.05) is 42.5 Å². The molecule has 29 heavy (non-hydrogen) atoms. The van der Waals surface area contributed by atoms with Gasteiger partial charge in [-0.3, -0.25) is 14.2 Å². The predicted octanol–water partition coefficient (Wildman–Crippen LogP) is 1.37. The molecule has 1 N–H and O–H groups in total. The minimum absolute atomic E-state index is 0.0418. The highest BCUT2D eigenvalue weighted by molar-refractivity contribution is 5.72. The summed E-state index contributed by atoms with van der Waals surface area (Å²) >= 11 is 0. The molecular formula is C21H18N4O4. The van der Waals surface area contributed by atoms with Crippen LogP contribution in [0.25, 0.3) is 16.9 Å². The van der Waals surface area contributed by atoms with E-state index in [1.165, 1.54) is 18.7 Å². The molecule has 0 aliphatic rings. The first kappa shape index (κ1) is 18.4. The van der Waals surface area contributed by atoms with Gasteiger partial charge in [0.25, 0.3) is 11.1 Å². The number of ether oxygens (including phenoxy) is 1. The molecule has 0 amide bonds. The quantitative estimate of drug-likeness (QED) is 0.567. The maximum Gasteiger partial charge on any atom is 0.337 e. The summed E-state index contributed by atoms with van der Waals surface area (Å²) in [4.78, 5) is 45.2. The van der Waals surface area contributed by atoms with Gasteiger partial charge < -0.3 is 9.72 Å². The van der Waals surface area contributed by atoms with Crippen LogP contribution in [0.2, 0.25) is 0 Å². The van der Waals surface area contributed by atoms with Crippen molar-refractivity contribution in [2.45, 2.75) is 6.42 Å². The van der Waals surface area contributed by atoms with Crippen molar-refractivity contribution in [1.82, 2.24) is 19.1 Å². The fourth-order valence-electron chi connectivity index (χ4n) is 3.22. The van der Waals surface area contributed by atoms with Crippen LogP contribution in [-0.4, -0.2) is 26.2 Å². The van der Waals surface area contributed by atoms with Crippen LogP contribution in [0.1, 0.15) is 11.3 Å². The lowest BCUT2D eigenvalue weighted by molar-refractivity contribution is 0.412. The smallest absolute Gasteiger partial charge is 0.337 e. The van der Waals surface area contributed by atoms with Crippen LogP contribution in [0.3, 0.4) is 0 Å². The van der Waals surface area contributed by atoms with E-state index in [1.54, 1.807) is 24.3 Å². The number of hydrogen-bond acceptors (Lipinski definition) is 5. The van der Waals surface area contributed by atoms with Gasteiger partial charge in [0.05, 0.1) is 12.8 Å². The Morgan fingerprint density at radius 1 is 1.00 bits per heavy atom. The molecule has 0 radical (unpaired) electrons. The number of nitrogens with zero attached hydrogens (tertiary/aromatic N) is 3. The van der Waals surface area contributed by atoms with Crippen LogP contribution < -0.4 is 21.5 Å². The minimum atomic E-state index is -0.619. The third kappa shape index (κ3) is 3.14. The van der Waals surface area contributed by atoms with E-state index in [4.69, 9.17) is 4.74 Å². The maximum absolute atomic E-state index is 13.0. The average molecular weight is 390 g/mol. The molecule has 0 spiro atoms. The number of H-pyrrole nitrogens is 1. The first-order valence-electron chi connectivity index (χ1n) is 8.93. The number of fused-ring (bicyclic) bond motifs is 1. The van der Waals surface area contributed by atoms with E-state index in [0.717, 1.165) is 10.1 Å². The van der Waals surface area contributed by atoms with E-state index in [2.05, 4.69) is 9.97 Å². The number of aromatic amines is 1. The van der Waals surface area contributed by atoms with Gasteiger partial charge >= 0.3 is 5.69 Å². The zero-order chi connectivity index (χ0) is 20.5. The summed E-state index contributed by atoms with van der Waals surface area (Å²) in [7, 11) is 2.84. The standard InChI is InChI=1S/C21H18N4O4/c1-24-20(27)17-18(25(21(24)28)15-10-6-7-11-16(15)29-2)22-14(19(26)23-17)12-13-8-4-3-5-9-13/h3-11H,12H2,1-2H3,(H,23,26). The number of hydrogen-bond donors (Lipinski definition) is 1. The molecule has 4 aromatic rings. The highest BCUT2D eigenvalue weighted by Crippen LogP contribution is 2.22. The topological polar surface area (TPSA) is 99.0 Å². The number of methoxy groups -OCH3 is 1. The number of nitrogens with one attached hydrogen (secondary N) is 1. The highest BCUT2D eigenvalue weighted by Gasteiger charge is 2.19. The van der Waals surface area contributed by atoms with Crippen LogP contribution in [0.5, 0.6) is 5.75 Å². The second kappa shape index (κ2) is 7.23. The third-order valence-corrected chi connectivity index (χ3v) is 4.71. The van der Waals surface area contributed by atoms with Crippen molar-refractivity contribution in [2.24, 2.45) is 7.05 Å². The van der Waals surface area contributed by atoms with Crippen LogP contribution >= 0.6 is 0 Å². The first-order chi connectivity index (χ1) is 14.0. The van der Waals surface area contributed by atoms with Crippen molar-refractivity contribution in [3.8, 4) is 11.4 Å². The molecule has 146 valence electrons. The number of rotatable bonds is 4. The van der Waals surface area contributed by atoms with E-state index in [-0.39, 0.29) is 23.3 Å². The third-order valence-electron chi connectivity index (χ3n) is 4.71. The molecule has 0 saturated carbocycles. The molecule has 0 aliphatic carbocycles. The maximum atomic E-state index is 13.0. The Morgan fingerprint density at radius 3 is 2.41 bits per heavy atom. The number of benzene rings is 2. The highest BCUT2D eigenvalue weighted by atomic mass is 16.5. The Morgan fingerprint density at radius 2 is 1.69 bits per heavy atom. The van der Waals surface area contributed by atoms with Crippen LogP contribution in [0, 0.1) is 0 Å². The van der Waals surface area contributed by atoms with E-state index in [1.807, 2.05) is 30.3 Å². The summed E-state index contributed by atoms with van der Waals surface area (Å²) in [6, 6.07) is 16.3. The molecule has 8 nitrogen and oxygen atoms in total. The first-order valence-corrected chi connectivity index (χ1v) is 8.93. The van der Waals surface area contributed by atoms with Gasteiger partial charge in [0, 0.05) is 13.5 Å². The molecule has 0 saturated heterocycles. The van der Waals surface area contributed by atoms with Gasteiger partial charge in [0.1, 0.15) is 11.4 Å². The van der Waals surface area contributed by atoms with Crippen molar-refractivity contribution < 1.29 is 4.74 Å². The lowest BCUT2D eigenvalue weighted by Crippen LogP contribution is -2.39. The monoisotopic (exact) mass is 390 g/mol. The fourth-order valence-corrected chi connectivity index (χ4v) is 3.22. The molecular weight excluding hydrogens is 372 g/mol. The molecule has 2 aromatic heterocycles. The summed E-state index contributed by atoms with van der Waals surface area (Å²) in [6.45, 7) is 0. The molecule has 0 unspecified atom stereocenters. The van der Waals surface area contributed by atoms with Gasteiger partial charge in [0.2, 0.25) is 0 Å². The zero-order valence-corrected chi connectivity index (χ0v) is 15.9. The Balaban J connectivity index is 2.07.